The maximum atomic E-state index is 10.8. The molecule has 0 fully saturated rings. The minimum atomic E-state index is 0.435. The fourth-order valence-electron chi connectivity index (χ4n) is 1.98. The molecule has 0 unspecified atom stereocenters. The molecule has 0 saturated carbocycles. The summed E-state index contributed by atoms with van der Waals surface area (Å²) in [4.78, 5) is 23.5. The fourth-order valence-corrected chi connectivity index (χ4v) is 2.98. The lowest BCUT2D eigenvalue weighted by molar-refractivity contribution is -0.107. The highest BCUT2D eigenvalue weighted by atomic mass is 32.1. The van der Waals surface area contributed by atoms with Crippen LogP contribution < -0.4 is 0 Å². The fraction of sp³-hybridized carbons (Fsp3) is 0.333. The molecule has 0 bridgehead atoms. The molecular weight excluding hydrogens is 224 g/mol. The number of ether oxygens (including phenoxy) is 1. The van der Waals surface area contributed by atoms with Crippen molar-refractivity contribution in [1.29, 1.82) is 0 Å². The molecule has 0 aliphatic heterocycles. The first-order valence-electron chi connectivity index (χ1n) is 5.06. The van der Waals surface area contributed by atoms with Crippen LogP contribution in [0.3, 0.4) is 0 Å². The molecule has 1 aromatic heterocycles. The number of rotatable bonds is 3. The number of aldehydes is 2. The summed E-state index contributed by atoms with van der Waals surface area (Å²) in [5.74, 6) is 0.435. The third-order valence-electron chi connectivity index (χ3n) is 2.76. The number of thiophene rings is 1. The van der Waals surface area contributed by atoms with Crippen LogP contribution in [0.25, 0.3) is 0 Å². The van der Waals surface area contributed by atoms with Crippen LogP contribution in [-0.4, -0.2) is 19.7 Å². The topological polar surface area (TPSA) is 43.4 Å². The zero-order valence-electron chi connectivity index (χ0n) is 8.99. The summed E-state index contributed by atoms with van der Waals surface area (Å²) in [6, 6.07) is 1.91. The highest BCUT2D eigenvalue weighted by molar-refractivity contribution is 7.13. The van der Waals surface area contributed by atoms with Gasteiger partial charge in [-0.25, -0.2) is 0 Å². The summed E-state index contributed by atoms with van der Waals surface area (Å²) < 4.78 is 5.03. The van der Waals surface area contributed by atoms with Crippen molar-refractivity contribution in [2.24, 2.45) is 0 Å². The van der Waals surface area contributed by atoms with Gasteiger partial charge in [0.25, 0.3) is 0 Å². The summed E-state index contributed by atoms with van der Waals surface area (Å²) in [6.45, 7) is 0. The molecule has 0 saturated heterocycles. The molecule has 3 nitrogen and oxygen atoms in total. The molecule has 0 aromatic carbocycles. The van der Waals surface area contributed by atoms with E-state index in [9.17, 15) is 9.59 Å². The highest BCUT2D eigenvalue weighted by Gasteiger charge is 2.19. The predicted octanol–water partition coefficient (Wildman–Crippen LogP) is 2.15. The van der Waals surface area contributed by atoms with Crippen molar-refractivity contribution in [1.82, 2.24) is 0 Å². The van der Waals surface area contributed by atoms with Crippen LogP contribution in [0.5, 0.6) is 0 Å². The van der Waals surface area contributed by atoms with Crippen molar-refractivity contribution in [3.8, 4) is 0 Å². The molecule has 0 spiro atoms. The van der Waals surface area contributed by atoms with Crippen molar-refractivity contribution < 1.29 is 14.3 Å². The Hall–Kier alpha value is -1.42. The Bertz CT molecular complexity index is 457. The minimum Gasteiger partial charge on any atom is -0.493 e. The molecule has 1 aliphatic rings. The van der Waals surface area contributed by atoms with Crippen LogP contribution in [-0.2, 0) is 22.4 Å². The van der Waals surface area contributed by atoms with Crippen LogP contribution in [0.4, 0.5) is 0 Å². The summed E-state index contributed by atoms with van der Waals surface area (Å²) in [5, 5.41) is 0. The molecule has 0 atom stereocenters. The van der Waals surface area contributed by atoms with E-state index in [1.807, 2.05) is 6.07 Å². The molecule has 1 aliphatic carbocycles. The van der Waals surface area contributed by atoms with Gasteiger partial charge in [0.05, 0.1) is 12.0 Å². The van der Waals surface area contributed by atoms with Crippen LogP contribution in [0.2, 0.25) is 0 Å². The Balaban J connectivity index is 2.32. The Kier molecular flexibility index (Phi) is 3.19. The Labute approximate surface area is 97.7 Å². The van der Waals surface area contributed by atoms with Crippen molar-refractivity contribution >= 4 is 23.9 Å². The summed E-state index contributed by atoms with van der Waals surface area (Å²) in [5.41, 5.74) is 2.19. The van der Waals surface area contributed by atoms with Gasteiger partial charge in [-0.05, 0) is 36.5 Å². The molecule has 2 rings (SSSR count). The monoisotopic (exact) mass is 236 g/mol. The zero-order chi connectivity index (χ0) is 11.5. The van der Waals surface area contributed by atoms with E-state index in [1.54, 1.807) is 11.3 Å². The van der Waals surface area contributed by atoms with Crippen molar-refractivity contribution in [2.75, 3.05) is 7.11 Å². The third kappa shape index (κ3) is 1.93. The lowest BCUT2D eigenvalue weighted by Gasteiger charge is -2.16. The second kappa shape index (κ2) is 4.61. The first kappa shape index (κ1) is 11.1. The Morgan fingerprint density at radius 1 is 1.44 bits per heavy atom. The van der Waals surface area contributed by atoms with Gasteiger partial charge in [0, 0.05) is 4.88 Å². The molecule has 1 heterocycles. The van der Waals surface area contributed by atoms with Crippen molar-refractivity contribution in [3.05, 3.63) is 32.7 Å². The summed E-state index contributed by atoms with van der Waals surface area (Å²) >= 11 is 1.54. The predicted molar refractivity (Wildman–Crippen MR) is 61.8 cm³/mol. The van der Waals surface area contributed by atoms with Gasteiger partial charge >= 0.3 is 0 Å². The molecule has 0 radical (unpaired) electrons. The van der Waals surface area contributed by atoms with Crippen LogP contribution >= 0.6 is 11.3 Å². The van der Waals surface area contributed by atoms with Crippen LogP contribution in [0.1, 0.15) is 26.5 Å². The van der Waals surface area contributed by atoms with Crippen LogP contribution in [0.15, 0.2) is 17.4 Å². The van der Waals surface area contributed by atoms with Crippen molar-refractivity contribution in [2.45, 2.75) is 19.3 Å². The average molecular weight is 236 g/mol. The van der Waals surface area contributed by atoms with Crippen molar-refractivity contribution in [3.63, 3.8) is 0 Å². The second-order valence-electron chi connectivity index (χ2n) is 3.68. The van der Waals surface area contributed by atoms with Gasteiger partial charge in [0.2, 0.25) is 0 Å². The number of hydrogen-bond acceptors (Lipinski definition) is 4. The smallest absolute Gasteiger partial charge is 0.184 e. The number of carbonyl (C=O) groups is 2. The molecule has 84 valence electrons. The van der Waals surface area contributed by atoms with Gasteiger partial charge in [-0.15, -0.1) is 11.3 Å². The molecule has 0 amide bonds. The number of aryl methyl sites for hydroxylation is 1. The summed E-state index contributed by atoms with van der Waals surface area (Å²) in [6.07, 6.45) is 4.09. The maximum Gasteiger partial charge on any atom is 0.184 e. The molecule has 0 N–H and O–H groups in total. The second-order valence-corrected chi connectivity index (χ2v) is 4.85. The van der Waals surface area contributed by atoms with E-state index in [-0.39, 0.29) is 0 Å². The van der Waals surface area contributed by atoms with E-state index < -0.39 is 0 Å². The Morgan fingerprint density at radius 2 is 2.25 bits per heavy atom. The van der Waals surface area contributed by atoms with E-state index >= 15 is 0 Å². The number of fused-ring (bicyclic) bond motifs is 1. The standard InChI is InChI=1S/C12H12O3S/c1-15-11(7-14)8-2-3-12-9(4-8)5-10(6-13)16-12/h5-7H,2-4H2,1H3. The van der Waals surface area contributed by atoms with Gasteiger partial charge in [0.15, 0.2) is 18.3 Å². The number of hydrogen-bond donors (Lipinski definition) is 0. The van der Waals surface area contributed by atoms with Gasteiger partial charge in [-0.2, -0.15) is 0 Å². The molecule has 1 aromatic rings. The van der Waals surface area contributed by atoms with Gasteiger partial charge in [0.1, 0.15) is 0 Å². The summed E-state index contributed by atoms with van der Waals surface area (Å²) in [7, 11) is 1.51. The highest BCUT2D eigenvalue weighted by Crippen LogP contribution is 2.32. The van der Waals surface area contributed by atoms with Crippen LogP contribution in [0, 0.1) is 0 Å². The minimum absolute atomic E-state index is 0.435. The lowest BCUT2D eigenvalue weighted by atomic mass is 9.93. The zero-order valence-corrected chi connectivity index (χ0v) is 9.80. The first-order valence-corrected chi connectivity index (χ1v) is 5.88. The van der Waals surface area contributed by atoms with Gasteiger partial charge < -0.3 is 4.74 Å². The van der Waals surface area contributed by atoms with E-state index in [1.165, 1.54) is 12.0 Å². The molecule has 4 heteroatoms. The van der Waals surface area contributed by atoms with E-state index in [0.717, 1.165) is 47.8 Å². The molecule has 16 heavy (non-hydrogen) atoms. The average Bonchev–Trinajstić information content (AvgIpc) is 2.73. The van der Waals surface area contributed by atoms with Gasteiger partial charge in [-0.3, -0.25) is 9.59 Å². The van der Waals surface area contributed by atoms with Gasteiger partial charge in [-0.1, -0.05) is 0 Å². The first-order chi connectivity index (χ1) is 7.78. The lowest BCUT2D eigenvalue weighted by Crippen LogP contribution is -2.07. The maximum absolute atomic E-state index is 10.8. The quantitative estimate of drug-likeness (QED) is 0.459. The normalized spacial score (nSPS) is 17.6. The number of allylic oxidation sites excluding steroid dienone is 2. The van der Waals surface area contributed by atoms with E-state index in [2.05, 4.69) is 0 Å². The Morgan fingerprint density at radius 3 is 2.88 bits per heavy atom. The third-order valence-corrected chi connectivity index (χ3v) is 3.93. The largest absolute Gasteiger partial charge is 0.493 e. The molecular formula is C12H12O3S. The number of carbonyl (C=O) groups excluding carboxylic acids is 2. The SMILES string of the molecule is COC(C=O)=C1CCc2sc(C=O)cc2C1. The van der Waals surface area contributed by atoms with E-state index in [4.69, 9.17) is 4.74 Å². The van der Waals surface area contributed by atoms with E-state index in [0.29, 0.717) is 5.76 Å². The number of methoxy groups -OCH3 is 1.